The zero-order chi connectivity index (χ0) is 13.9. The lowest BCUT2D eigenvalue weighted by molar-refractivity contribution is -0.131. The molecular weight excluding hydrogens is 276 g/mol. The number of nitrogens with zero attached hydrogens (tertiary/aromatic N) is 4. The molecule has 0 unspecified atom stereocenters. The van der Waals surface area contributed by atoms with Crippen molar-refractivity contribution >= 4 is 17.2 Å². The molecule has 0 atom stereocenters. The molecule has 3 rings (SSSR count). The Morgan fingerprint density at radius 1 is 1.45 bits per heavy atom. The highest BCUT2D eigenvalue weighted by Crippen LogP contribution is 2.16. The van der Waals surface area contributed by atoms with Crippen molar-refractivity contribution in [2.24, 2.45) is 0 Å². The quantitative estimate of drug-likeness (QED) is 0.908. The van der Waals surface area contributed by atoms with Crippen molar-refractivity contribution in [1.82, 2.24) is 19.7 Å². The highest BCUT2D eigenvalue weighted by atomic mass is 32.1. The number of aliphatic hydroxyl groups is 1. The lowest BCUT2D eigenvalue weighted by atomic mass is 10.3. The fourth-order valence-electron chi connectivity index (χ4n) is 2.40. The molecule has 0 aliphatic carbocycles. The van der Waals surface area contributed by atoms with Gasteiger partial charge >= 0.3 is 0 Å². The summed E-state index contributed by atoms with van der Waals surface area (Å²) in [4.78, 5) is 19.2. The molecule has 1 N–H and O–H groups in total. The Bertz CT molecular complexity index is 594. The minimum absolute atomic E-state index is 0.0607. The number of aromatic nitrogens is 3. The lowest BCUT2D eigenvalue weighted by Gasteiger charge is -2.19. The standard InChI is InChI=1S/C13H16N4O2S/c18-8-10-4-11-7-16(2-1-3-17(11)15-10)13(19)5-12-6-14-9-20-12/h4,6,9,18H,1-3,5,7-8H2. The molecule has 0 radical (unpaired) electrons. The second-order valence-corrected chi connectivity index (χ2v) is 5.79. The maximum Gasteiger partial charge on any atom is 0.228 e. The van der Waals surface area contributed by atoms with Crippen LogP contribution >= 0.6 is 11.3 Å². The smallest absolute Gasteiger partial charge is 0.228 e. The number of fused-ring (bicyclic) bond motifs is 1. The van der Waals surface area contributed by atoms with Gasteiger partial charge in [-0.3, -0.25) is 14.5 Å². The van der Waals surface area contributed by atoms with Gasteiger partial charge in [0.05, 0.1) is 36.5 Å². The number of aliphatic hydroxyl groups excluding tert-OH is 1. The van der Waals surface area contributed by atoms with Gasteiger partial charge < -0.3 is 10.0 Å². The maximum absolute atomic E-state index is 12.3. The number of carbonyl (C=O) groups excluding carboxylic acids is 1. The first-order valence-corrected chi connectivity index (χ1v) is 7.46. The van der Waals surface area contributed by atoms with Crippen LogP contribution in [0, 0.1) is 0 Å². The summed E-state index contributed by atoms with van der Waals surface area (Å²) in [5.74, 6) is 0.120. The van der Waals surface area contributed by atoms with Gasteiger partial charge in [-0.25, -0.2) is 0 Å². The SMILES string of the molecule is O=C(Cc1cncs1)N1CCCn2nc(CO)cc2C1. The summed E-state index contributed by atoms with van der Waals surface area (Å²) < 4.78 is 1.89. The van der Waals surface area contributed by atoms with Gasteiger partial charge in [-0.15, -0.1) is 11.3 Å². The van der Waals surface area contributed by atoms with E-state index in [1.54, 1.807) is 11.7 Å². The lowest BCUT2D eigenvalue weighted by Crippen LogP contribution is -2.31. The fraction of sp³-hybridized carbons (Fsp3) is 0.462. The number of amides is 1. The van der Waals surface area contributed by atoms with Crippen molar-refractivity contribution in [1.29, 1.82) is 0 Å². The minimum atomic E-state index is -0.0607. The molecule has 0 saturated carbocycles. The van der Waals surface area contributed by atoms with Gasteiger partial charge in [-0.05, 0) is 12.5 Å². The van der Waals surface area contributed by atoms with Crippen LogP contribution in [0.25, 0.3) is 0 Å². The first-order chi connectivity index (χ1) is 9.76. The van der Waals surface area contributed by atoms with Crippen LogP contribution in [0.1, 0.15) is 22.7 Å². The van der Waals surface area contributed by atoms with Gasteiger partial charge in [0.15, 0.2) is 0 Å². The van der Waals surface area contributed by atoms with E-state index in [1.807, 2.05) is 15.6 Å². The normalized spacial score (nSPS) is 14.9. The summed E-state index contributed by atoms with van der Waals surface area (Å²) in [6.07, 6.45) is 3.04. The zero-order valence-corrected chi connectivity index (χ0v) is 11.8. The van der Waals surface area contributed by atoms with Crippen LogP contribution in [0.2, 0.25) is 0 Å². The van der Waals surface area contributed by atoms with Crippen LogP contribution < -0.4 is 0 Å². The summed E-state index contributed by atoms with van der Waals surface area (Å²) >= 11 is 1.50. The highest BCUT2D eigenvalue weighted by molar-refractivity contribution is 7.09. The van der Waals surface area contributed by atoms with Crippen LogP contribution in [0.5, 0.6) is 0 Å². The molecule has 1 amide bonds. The molecule has 0 fully saturated rings. The number of rotatable bonds is 3. The third-order valence-electron chi connectivity index (χ3n) is 3.39. The number of hydrogen-bond donors (Lipinski definition) is 1. The van der Waals surface area contributed by atoms with Gasteiger partial charge in [0, 0.05) is 24.2 Å². The van der Waals surface area contributed by atoms with Gasteiger partial charge in [-0.2, -0.15) is 5.10 Å². The molecule has 1 aliphatic heterocycles. The molecule has 7 heteroatoms. The molecule has 2 aromatic rings. The Kier molecular flexibility index (Phi) is 3.79. The second kappa shape index (κ2) is 5.72. The van der Waals surface area contributed by atoms with Crippen molar-refractivity contribution in [2.45, 2.75) is 32.5 Å². The van der Waals surface area contributed by atoms with E-state index >= 15 is 0 Å². The molecule has 0 bridgehead atoms. The molecule has 0 saturated heterocycles. The van der Waals surface area contributed by atoms with Crippen molar-refractivity contribution in [3.63, 3.8) is 0 Å². The predicted molar refractivity (Wildman–Crippen MR) is 74.0 cm³/mol. The number of carbonyl (C=O) groups is 1. The van der Waals surface area contributed by atoms with E-state index in [0.29, 0.717) is 18.7 Å². The largest absolute Gasteiger partial charge is 0.390 e. The number of thiazole rings is 1. The van der Waals surface area contributed by atoms with E-state index in [0.717, 1.165) is 30.1 Å². The van der Waals surface area contributed by atoms with Crippen molar-refractivity contribution in [3.8, 4) is 0 Å². The first kappa shape index (κ1) is 13.3. The zero-order valence-electron chi connectivity index (χ0n) is 11.0. The van der Waals surface area contributed by atoms with Crippen molar-refractivity contribution < 1.29 is 9.90 Å². The summed E-state index contributed by atoms with van der Waals surface area (Å²) in [6, 6.07) is 1.87. The van der Waals surface area contributed by atoms with E-state index in [1.165, 1.54) is 11.3 Å². The van der Waals surface area contributed by atoms with E-state index in [-0.39, 0.29) is 12.5 Å². The summed E-state index contributed by atoms with van der Waals surface area (Å²) in [7, 11) is 0. The Morgan fingerprint density at radius 3 is 3.10 bits per heavy atom. The molecule has 0 aromatic carbocycles. The Hall–Kier alpha value is -1.73. The number of hydrogen-bond acceptors (Lipinski definition) is 5. The average molecular weight is 292 g/mol. The Morgan fingerprint density at radius 2 is 2.35 bits per heavy atom. The van der Waals surface area contributed by atoms with E-state index in [2.05, 4.69) is 10.1 Å². The van der Waals surface area contributed by atoms with Crippen molar-refractivity contribution in [3.05, 3.63) is 34.0 Å². The molecular formula is C13H16N4O2S. The van der Waals surface area contributed by atoms with Crippen molar-refractivity contribution in [2.75, 3.05) is 6.54 Å². The molecule has 1 aliphatic rings. The van der Waals surface area contributed by atoms with Crippen LogP contribution in [0.4, 0.5) is 0 Å². The maximum atomic E-state index is 12.3. The van der Waals surface area contributed by atoms with Crippen LogP contribution in [0.15, 0.2) is 17.8 Å². The summed E-state index contributed by atoms with van der Waals surface area (Å²) in [6.45, 7) is 2.04. The molecule has 6 nitrogen and oxygen atoms in total. The third kappa shape index (κ3) is 2.73. The Balaban J connectivity index is 1.72. The minimum Gasteiger partial charge on any atom is -0.390 e. The van der Waals surface area contributed by atoms with Gasteiger partial charge in [-0.1, -0.05) is 0 Å². The average Bonchev–Trinajstić information content (AvgIpc) is 3.04. The van der Waals surface area contributed by atoms with Gasteiger partial charge in [0.1, 0.15) is 0 Å². The first-order valence-electron chi connectivity index (χ1n) is 6.58. The molecule has 0 spiro atoms. The monoisotopic (exact) mass is 292 g/mol. The topological polar surface area (TPSA) is 71.2 Å². The summed E-state index contributed by atoms with van der Waals surface area (Å²) in [5.41, 5.74) is 3.40. The highest BCUT2D eigenvalue weighted by Gasteiger charge is 2.20. The van der Waals surface area contributed by atoms with Gasteiger partial charge in [0.25, 0.3) is 0 Å². The van der Waals surface area contributed by atoms with Crippen LogP contribution in [-0.4, -0.2) is 37.2 Å². The van der Waals surface area contributed by atoms with E-state index in [9.17, 15) is 4.79 Å². The summed E-state index contributed by atoms with van der Waals surface area (Å²) in [5, 5.41) is 13.5. The molecule has 20 heavy (non-hydrogen) atoms. The van der Waals surface area contributed by atoms with Crippen LogP contribution in [-0.2, 0) is 30.9 Å². The second-order valence-electron chi connectivity index (χ2n) is 4.82. The number of aryl methyl sites for hydroxylation is 1. The van der Waals surface area contributed by atoms with Crippen LogP contribution in [0.3, 0.4) is 0 Å². The molecule has 106 valence electrons. The molecule has 3 heterocycles. The fourth-order valence-corrected chi connectivity index (χ4v) is 2.99. The Labute approximate surface area is 120 Å². The van der Waals surface area contributed by atoms with E-state index in [4.69, 9.17) is 5.11 Å². The molecule has 2 aromatic heterocycles. The predicted octanol–water partition coefficient (Wildman–Crippen LogP) is 0.807. The van der Waals surface area contributed by atoms with Gasteiger partial charge in [0.2, 0.25) is 5.91 Å². The van der Waals surface area contributed by atoms with E-state index < -0.39 is 0 Å². The third-order valence-corrected chi connectivity index (χ3v) is 4.17.